The summed E-state index contributed by atoms with van der Waals surface area (Å²) in [6.45, 7) is 13.3. The molecule has 242 valence electrons. The number of fused-ring (bicyclic) bond motifs is 2. The van der Waals surface area contributed by atoms with Gasteiger partial charge in [-0.15, -0.1) is 0 Å². The van der Waals surface area contributed by atoms with Crippen molar-refractivity contribution in [2.75, 3.05) is 76.5 Å². The zero-order chi connectivity index (χ0) is 32.2. The molecule has 0 spiro atoms. The lowest BCUT2D eigenvalue weighted by molar-refractivity contribution is -0.128. The van der Waals surface area contributed by atoms with Crippen molar-refractivity contribution in [3.8, 4) is 6.01 Å². The molecule has 2 saturated heterocycles. The zero-order valence-corrected chi connectivity index (χ0v) is 26.9. The number of anilines is 2. The van der Waals surface area contributed by atoms with Crippen LogP contribution in [0.5, 0.6) is 6.01 Å². The smallest absolute Gasteiger partial charge is 0.318 e. The molecule has 0 N–H and O–H groups in total. The summed E-state index contributed by atoms with van der Waals surface area (Å²) < 4.78 is 24.7. The number of hydrogen-bond donors (Lipinski definition) is 0. The molecule has 2 fully saturated rings. The highest BCUT2D eigenvalue weighted by molar-refractivity contribution is 5.97. The minimum atomic E-state index is -0.701. The van der Waals surface area contributed by atoms with E-state index in [1.807, 2.05) is 0 Å². The number of hydrogen-bond acceptors (Lipinski definition) is 8. The first-order chi connectivity index (χ1) is 22.4. The molecule has 0 saturated carbocycles. The summed E-state index contributed by atoms with van der Waals surface area (Å²) in [6.07, 6.45) is 4.29. The van der Waals surface area contributed by atoms with E-state index in [0.29, 0.717) is 38.8 Å². The number of benzene rings is 2. The lowest BCUT2D eigenvalue weighted by Crippen LogP contribution is -2.56. The maximum atomic E-state index is 12.8. The first-order valence-electron chi connectivity index (χ1n) is 16.0. The van der Waals surface area contributed by atoms with Gasteiger partial charge >= 0.3 is 6.01 Å². The van der Waals surface area contributed by atoms with Crippen LogP contribution < -0.4 is 14.5 Å². The van der Waals surface area contributed by atoms with Gasteiger partial charge in [0, 0.05) is 68.6 Å². The van der Waals surface area contributed by atoms with Crippen LogP contribution >= 0.6 is 0 Å². The highest BCUT2D eigenvalue weighted by atomic mass is 19.1. The van der Waals surface area contributed by atoms with E-state index in [1.54, 1.807) is 12.0 Å². The predicted molar refractivity (Wildman–Crippen MR) is 177 cm³/mol. The van der Waals surface area contributed by atoms with Crippen molar-refractivity contribution in [2.45, 2.75) is 44.5 Å². The zero-order valence-electron chi connectivity index (χ0n) is 26.9. The minimum absolute atomic E-state index is 0.158. The fourth-order valence-corrected chi connectivity index (χ4v) is 7.09. The van der Waals surface area contributed by atoms with Crippen LogP contribution in [0.3, 0.4) is 0 Å². The molecule has 1 amide bonds. The number of alkyl halides is 1. The second kappa shape index (κ2) is 14.0. The maximum absolute atomic E-state index is 12.8. The molecule has 6 rings (SSSR count). The minimum Gasteiger partial charge on any atom is -0.462 e. The molecule has 3 aromatic rings. The molecular formula is C35H42FN7O3. The standard InChI is InChI=1S/C35H42FN7O3/c1-24-8-5-9-25-10-6-11-31(33(24)25)41-15-13-29-30(22-41)38-35(46-23-26-18-28(45-4)21-40(26)3)39-34(29)42-16-17-43(27(20-42)19-37-2)32(44)12-7-14-36/h5-12,26-28H,13-23H2,1,3-4H3/b12-7+/t26-,27-,28+/m0/s1. The van der Waals surface area contributed by atoms with Gasteiger partial charge in [0.05, 0.1) is 18.3 Å². The Hall–Kier alpha value is -4.27. The summed E-state index contributed by atoms with van der Waals surface area (Å²) in [5.74, 6) is 0.542. The summed E-state index contributed by atoms with van der Waals surface area (Å²) in [5.41, 5.74) is 4.43. The van der Waals surface area contributed by atoms with Crippen LogP contribution in [0.4, 0.5) is 15.9 Å². The number of carbonyl (C=O) groups is 1. The van der Waals surface area contributed by atoms with Gasteiger partial charge in [-0.05, 0) is 49.9 Å². The normalized spacial score (nSPS) is 22.0. The Balaban J connectivity index is 1.32. The van der Waals surface area contributed by atoms with Gasteiger partial charge in [-0.2, -0.15) is 9.97 Å². The predicted octanol–water partition coefficient (Wildman–Crippen LogP) is 4.06. The maximum Gasteiger partial charge on any atom is 0.318 e. The van der Waals surface area contributed by atoms with E-state index in [1.165, 1.54) is 34.2 Å². The van der Waals surface area contributed by atoms with Crippen molar-refractivity contribution in [3.05, 3.63) is 76.8 Å². The molecule has 1 aromatic heterocycles. The molecule has 3 aliphatic heterocycles. The first-order valence-corrected chi connectivity index (χ1v) is 16.0. The highest BCUT2D eigenvalue weighted by Crippen LogP contribution is 2.36. The molecule has 0 unspecified atom stereocenters. The number of halogens is 1. The average Bonchev–Trinajstić information content (AvgIpc) is 3.44. The largest absolute Gasteiger partial charge is 0.462 e. The summed E-state index contributed by atoms with van der Waals surface area (Å²) in [7, 11) is 3.83. The third-order valence-corrected chi connectivity index (χ3v) is 9.56. The number of likely N-dealkylation sites (tertiary alicyclic amines) is 1. The molecule has 11 heteroatoms. The number of nitrogens with zero attached hydrogens (tertiary/aromatic N) is 7. The fraction of sp³-hybridized carbons (Fsp3) is 0.486. The van der Waals surface area contributed by atoms with Crippen molar-refractivity contribution in [3.63, 3.8) is 0 Å². The van der Waals surface area contributed by atoms with Gasteiger partial charge in [0.15, 0.2) is 0 Å². The Morgan fingerprint density at radius 1 is 1.11 bits per heavy atom. The Bertz CT molecular complexity index is 1640. The molecule has 0 aliphatic carbocycles. The summed E-state index contributed by atoms with van der Waals surface area (Å²) in [5, 5.41) is 2.46. The van der Waals surface area contributed by atoms with E-state index in [-0.39, 0.29) is 30.6 Å². The van der Waals surface area contributed by atoms with Gasteiger partial charge in [0.1, 0.15) is 25.1 Å². The number of amides is 1. The molecule has 46 heavy (non-hydrogen) atoms. The second-order valence-electron chi connectivity index (χ2n) is 12.4. The number of ether oxygens (including phenoxy) is 2. The van der Waals surface area contributed by atoms with Gasteiger partial charge in [0.25, 0.3) is 0 Å². The number of piperazine rings is 1. The van der Waals surface area contributed by atoms with Crippen molar-refractivity contribution < 1.29 is 18.7 Å². The lowest BCUT2D eigenvalue weighted by Gasteiger charge is -2.41. The van der Waals surface area contributed by atoms with Crippen molar-refractivity contribution >= 4 is 28.2 Å². The molecule has 0 radical (unpaired) electrons. The quantitative estimate of drug-likeness (QED) is 0.260. The molecule has 4 heterocycles. The molecule has 10 nitrogen and oxygen atoms in total. The number of likely N-dealkylation sites (N-methyl/N-ethyl adjacent to an activating group) is 1. The number of methoxy groups -OCH3 is 1. The number of allylic oxidation sites excluding steroid dienone is 1. The summed E-state index contributed by atoms with van der Waals surface area (Å²) in [4.78, 5) is 34.9. The van der Waals surface area contributed by atoms with E-state index >= 15 is 0 Å². The van der Waals surface area contributed by atoms with Crippen LogP contribution in [-0.4, -0.2) is 111 Å². The van der Waals surface area contributed by atoms with Gasteiger partial charge in [-0.25, -0.2) is 11.0 Å². The van der Waals surface area contributed by atoms with Crippen LogP contribution in [-0.2, 0) is 22.5 Å². The molecule has 3 atom stereocenters. The number of carbonyl (C=O) groups excluding carboxylic acids is 1. The molecular weight excluding hydrogens is 585 g/mol. The molecule has 3 aliphatic rings. The summed E-state index contributed by atoms with van der Waals surface area (Å²) >= 11 is 0. The van der Waals surface area contributed by atoms with Crippen molar-refractivity contribution in [1.82, 2.24) is 19.8 Å². The van der Waals surface area contributed by atoms with Gasteiger partial charge in [0.2, 0.25) is 12.5 Å². The van der Waals surface area contributed by atoms with E-state index in [0.717, 1.165) is 43.0 Å². The number of aryl methyl sites for hydroxylation is 1. The number of rotatable bonds is 9. The Kier molecular flexibility index (Phi) is 9.66. The van der Waals surface area contributed by atoms with Gasteiger partial charge < -0.3 is 29.0 Å². The number of aromatic nitrogens is 2. The van der Waals surface area contributed by atoms with Crippen molar-refractivity contribution in [1.29, 1.82) is 0 Å². The van der Waals surface area contributed by atoms with E-state index in [9.17, 15) is 9.18 Å². The third-order valence-electron chi connectivity index (χ3n) is 9.56. The van der Waals surface area contributed by atoms with Crippen LogP contribution in [0.2, 0.25) is 0 Å². The first kappa shape index (κ1) is 31.7. The lowest BCUT2D eigenvalue weighted by atomic mass is 9.99. The van der Waals surface area contributed by atoms with Crippen LogP contribution in [0.25, 0.3) is 15.6 Å². The molecule has 2 aromatic carbocycles. The highest BCUT2D eigenvalue weighted by Gasteiger charge is 2.35. The van der Waals surface area contributed by atoms with E-state index in [4.69, 9.17) is 26.0 Å². The van der Waals surface area contributed by atoms with Crippen molar-refractivity contribution in [2.24, 2.45) is 0 Å². The molecule has 0 bridgehead atoms. The van der Waals surface area contributed by atoms with E-state index < -0.39 is 6.67 Å². The Morgan fingerprint density at radius 2 is 1.93 bits per heavy atom. The SMILES string of the molecule is [C-]#[N+]C[C@H]1CN(c2nc(OC[C@@H]3C[C@@H](OC)CN3C)nc3c2CCN(c2cccc4cccc(C)c24)C3)CCN1C(=O)/C=C/CF. The average molecular weight is 628 g/mol. The Morgan fingerprint density at radius 3 is 2.70 bits per heavy atom. The van der Waals surface area contributed by atoms with Crippen LogP contribution in [0.15, 0.2) is 48.6 Å². The second-order valence-corrected chi connectivity index (χ2v) is 12.4. The summed E-state index contributed by atoms with van der Waals surface area (Å²) in [6, 6.07) is 13.0. The van der Waals surface area contributed by atoms with Gasteiger partial charge in [-0.1, -0.05) is 30.3 Å². The van der Waals surface area contributed by atoms with E-state index in [2.05, 4.69) is 69.9 Å². The van der Waals surface area contributed by atoms with Crippen LogP contribution in [0.1, 0.15) is 23.2 Å². The Labute approximate surface area is 270 Å². The van der Waals surface area contributed by atoms with Gasteiger partial charge in [-0.3, -0.25) is 9.69 Å². The monoisotopic (exact) mass is 627 g/mol. The third kappa shape index (κ3) is 6.50. The topological polar surface area (TPSA) is 78.6 Å². The van der Waals surface area contributed by atoms with Crippen LogP contribution in [0, 0.1) is 13.5 Å². The fourth-order valence-electron chi connectivity index (χ4n) is 7.09.